The molecule has 13 rings (SSSR count). The monoisotopic (exact) mass is 2100 g/mol. The Labute approximate surface area is 871 Å². The van der Waals surface area contributed by atoms with E-state index in [0.717, 1.165) is 53.9 Å². The number of aliphatic hydroxyl groups excluding tert-OH is 2. The van der Waals surface area contributed by atoms with Crippen LogP contribution < -0.4 is 67.1 Å². The van der Waals surface area contributed by atoms with Gasteiger partial charge in [-0.15, -0.1) is 0 Å². The van der Waals surface area contributed by atoms with Crippen LogP contribution in [0.1, 0.15) is 96.9 Å². The summed E-state index contributed by atoms with van der Waals surface area (Å²) in [6, 6.07) is 73.7. The molecular weight excluding hydrogens is 1950 g/mol. The van der Waals surface area contributed by atoms with Crippen molar-refractivity contribution in [2.75, 3.05) is 137 Å². The van der Waals surface area contributed by atoms with E-state index in [1.165, 1.54) is 54.6 Å². The molecule has 34 N–H and O–H groups in total. The number of carboxylic acid groups (broad SMARTS) is 6. The molecule has 0 saturated heterocycles. The third kappa shape index (κ3) is 62.5. The molecule has 0 aliphatic heterocycles. The lowest BCUT2D eigenvalue weighted by Gasteiger charge is -2.29. The number of aromatic hydroxyl groups is 6. The number of benzene rings is 13. The predicted molar refractivity (Wildman–Crippen MR) is 588 cm³/mol. The molecule has 2 amide bonds. The highest BCUT2D eigenvalue weighted by molar-refractivity contribution is 6.33. The Morgan fingerprint density at radius 2 is 0.453 bits per heavy atom. The number of carbonyl (C=O) groups is 12. The van der Waals surface area contributed by atoms with Gasteiger partial charge in [0.25, 0.3) is 25.9 Å². The molecule has 0 fully saturated rings. The first-order chi connectivity index (χ1) is 71.7. The Bertz CT molecular complexity index is 5420. The number of para-hydroxylation sites is 6. The zero-order valence-corrected chi connectivity index (χ0v) is 86.7. The second-order valence-electron chi connectivity index (χ2n) is 27.0. The zero-order valence-electron chi connectivity index (χ0n) is 86.7. The van der Waals surface area contributed by atoms with E-state index in [-0.39, 0.29) is 127 Å². The van der Waals surface area contributed by atoms with Gasteiger partial charge in [0.15, 0.2) is 48.0 Å². The number of primary amides is 2. The predicted octanol–water partition coefficient (Wildman–Crippen LogP) is 12.7. The van der Waals surface area contributed by atoms with E-state index >= 15 is 0 Å². The summed E-state index contributed by atoms with van der Waals surface area (Å²) in [6.45, 7) is 27.0. The van der Waals surface area contributed by atoms with Crippen molar-refractivity contribution in [2.24, 2.45) is 22.9 Å². The van der Waals surface area contributed by atoms with E-state index in [1.807, 2.05) is 230 Å². The Kier molecular flexibility index (Phi) is 84.4. The molecule has 0 saturated carbocycles. The van der Waals surface area contributed by atoms with Crippen molar-refractivity contribution in [3.8, 4) is 34.5 Å². The number of nitrogens with two attached hydrogens (primary N) is 10. The van der Waals surface area contributed by atoms with Crippen LogP contribution in [0.5, 0.6) is 34.5 Å². The van der Waals surface area contributed by atoms with E-state index in [2.05, 4.69) is 54.7 Å². The van der Waals surface area contributed by atoms with Gasteiger partial charge in [0, 0.05) is 26.2 Å². The first-order valence-corrected chi connectivity index (χ1v) is 46.4. The lowest BCUT2D eigenvalue weighted by atomic mass is 10.0. The second-order valence-corrected chi connectivity index (χ2v) is 27.0. The van der Waals surface area contributed by atoms with Crippen molar-refractivity contribution < 1.29 is 148 Å². The minimum Gasteiger partial charge on any atom is -0.504 e. The number of rotatable bonds is 27. The van der Waals surface area contributed by atoms with Crippen molar-refractivity contribution in [3.63, 3.8) is 0 Å². The maximum atomic E-state index is 11.0. The van der Waals surface area contributed by atoms with Gasteiger partial charge < -0.3 is 158 Å². The van der Waals surface area contributed by atoms with Gasteiger partial charge in [0.1, 0.15) is 26.6 Å². The molecule has 0 unspecified atom stereocenters. The highest BCUT2D eigenvalue weighted by Crippen LogP contribution is 2.35. The number of carboxylic acids is 6. The largest absolute Gasteiger partial charge is 0.504 e. The number of amides is 2. The number of hydrogen-bond acceptors (Lipinski definition) is 36. The number of ether oxygens (including phenoxy) is 4. The molecule has 0 spiro atoms. The van der Waals surface area contributed by atoms with Gasteiger partial charge in [0.05, 0.1) is 71.8 Å². The average Bonchev–Trinajstić information content (AvgIpc) is 0.795. The molecule has 0 aliphatic rings. The van der Waals surface area contributed by atoms with Crippen molar-refractivity contribution in [3.05, 3.63) is 243 Å². The molecule has 150 heavy (non-hydrogen) atoms. The normalized spacial score (nSPS) is 9.15. The first kappa shape index (κ1) is 143. The third-order valence-electron chi connectivity index (χ3n) is 17.0. The Balaban J connectivity index is -0.000000383. The van der Waals surface area contributed by atoms with Gasteiger partial charge in [-0.05, 0) is 174 Å². The van der Waals surface area contributed by atoms with Crippen molar-refractivity contribution in [1.29, 1.82) is 0 Å². The van der Waals surface area contributed by atoms with E-state index in [4.69, 9.17) is 117 Å². The van der Waals surface area contributed by atoms with Gasteiger partial charge >= 0.3 is 47.6 Å². The number of hydrogen-bond donors (Lipinski definition) is 24. The van der Waals surface area contributed by atoms with Crippen molar-refractivity contribution >= 4 is 184 Å². The maximum Gasteiger partial charge on any atom is 0.414 e. The third-order valence-corrected chi connectivity index (χ3v) is 17.0. The molecule has 0 aromatic heterocycles. The number of aliphatic hydroxyl groups is 2. The van der Waals surface area contributed by atoms with Crippen LogP contribution in [0.25, 0.3) is 64.6 Å². The molecule has 13 aromatic carbocycles. The molecule has 0 bridgehead atoms. The summed E-state index contributed by atoms with van der Waals surface area (Å²) >= 11 is 0. The van der Waals surface area contributed by atoms with Gasteiger partial charge in [-0.25, -0.2) is 9.59 Å². The minimum atomic E-state index is -1.82. The fourth-order valence-corrected chi connectivity index (χ4v) is 10.7. The first-order valence-electron chi connectivity index (χ1n) is 46.4. The summed E-state index contributed by atoms with van der Waals surface area (Å²) in [5.41, 5.74) is 56.6. The van der Waals surface area contributed by atoms with Gasteiger partial charge in [-0.1, -0.05) is 230 Å². The van der Waals surface area contributed by atoms with Crippen LogP contribution in [0.2, 0.25) is 0 Å². The van der Waals surface area contributed by atoms with Crippen LogP contribution in [-0.4, -0.2) is 247 Å². The Hall–Kier alpha value is -18.0. The maximum absolute atomic E-state index is 11.0. The molecule has 0 heterocycles. The fourth-order valence-electron chi connectivity index (χ4n) is 10.7. The Morgan fingerprint density at radius 3 is 0.653 bits per heavy atom. The molecule has 44 heteroatoms. The van der Waals surface area contributed by atoms with Crippen LogP contribution in [0.4, 0.5) is 45.5 Å². The Morgan fingerprint density at radius 1 is 0.260 bits per heavy atom. The van der Waals surface area contributed by atoms with Crippen LogP contribution in [0.15, 0.2) is 243 Å². The summed E-state index contributed by atoms with van der Waals surface area (Å²) in [5.74, 6) is -10.9. The summed E-state index contributed by atoms with van der Waals surface area (Å²) in [7, 11) is 0. The van der Waals surface area contributed by atoms with Crippen LogP contribution in [0, 0.1) is 0 Å². The number of nitrogen functional groups attached to an aromatic ring is 6. The molecule has 13 aromatic rings. The number of fused-ring (bicyclic) bond motifs is 6. The van der Waals surface area contributed by atoms with Crippen LogP contribution in [-0.2, 0) is 76.5 Å². The van der Waals surface area contributed by atoms with Crippen LogP contribution >= 0.6 is 0 Å². The lowest BCUT2D eigenvalue weighted by molar-refractivity contribution is -0.159. The second kappa shape index (κ2) is 88.7. The molecule has 822 valence electrons. The number of nitrogens with zero attached hydrogens (tertiary/aromatic N) is 4. The topological polar surface area (TPSA) is 798 Å². The van der Waals surface area contributed by atoms with E-state index in [0.29, 0.717) is 58.6 Å². The van der Waals surface area contributed by atoms with Gasteiger partial charge in [-0.2, -0.15) is 0 Å². The summed E-state index contributed by atoms with van der Waals surface area (Å²) in [6.07, 6.45) is 0. The number of carbonyl (C=O) groups excluding carboxylic acids is 6. The summed E-state index contributed by atoms with van der Waals surface area (Å²) in [5, 5.41) is 133. The van der Waals surface area contributed by atoms with Crippen molar-refractivity contribution in [1.82, 2.24) is 9.80 Å². The van der Waals surface area contributed by atoms with E-state index in [9.17, 15) is 58.2 Å². The number of phenols is 6. The quantitative estimate of drug-likeness (QED) is 0.00432. The molecule has 0 radical (unpaired) electrons. The molecular formula is C106H148N14O30. The standard InChI is InChI=1S/C14H16N2O8.C14H12N2.C14H10O2.C10H16N2O8.C10H10N2.C10H8O2.C6H8N2.C6H6O2.C2H4N2O2.C2H8N2.C2H2O4.C2H6O2.7C2H6/c17-9-23-7-15(5-13(19)20)11-3-1-2-4-12(11)16(6-14(21)22)8-24-10-18;2*15-13-7-11-5-9-3-1-2-4-10(9)6-12(11)8-14(13)16;13-7-19-5-11(3-9(15)16)1-2-12(4-10(17)18)6-20-8-14;2*11-9-5-7-3-1-2-4-8(7)6-10(9)12;2*7-5-3-1-2-4-6(5)8;3-1(5)2(4)6;3-1-2-4;3-1(4)2(5)6;3-1-2-4;7*1-2/h1-4,9-10H,5-8H2,(H,19,20)(H,21,22);1-8H,15-16H2;1-8,15-16H;7-8H,1-6H2,(H,15,16)(H,17,18);1-6H,11-12H2;1-6,11-12H;1-4H,7-8H2;1-4,7-8H;(H2,3,5)(H2,4,6);1-4H2;(H,3,4)(H,5,6);3-4H,1-2H2;7*1-2H3. The molecule has 0 atom stereocenters. The highest BCUT2D eigenvalue weighted by atomic mass is 16.5. The fraction of sp³-hybridized carbons (Fsp3) is 0.264. The summed E-state index contributed by atoms with van der Waals surface area (Å²) < 4.78 is 18.1. The van der Waals surface area contributed by atoms with Gasteiger partial charge in [-0.3, -0.25) is 57.7 Å². The van der Waals surface area contributed by atoms with E-state index < -0.39 is 60.7 Å². The minimum absolute atomic E-state index is 0.0753. The molecule has 0 aliphatic carbocycles. The number of aliphatic carboxylic acids is 6. The zero-order chi connectivity index (χ0) is 116. The number of anilines is 8. The van der Waals surface area contributed by atoms with Crippen molar-refractivity contribution in [2.45, 2.75) is 96.9 Å². The molecule has 44 nitrogen and oxygen atoms in total. The smallest absolute Gasteiger partial charge is 0.414 e. The highest BCUT2D eigenvalue weighted by Gasteiger charge is 2.22. The lowest BCUT2D eigenvalue weighted by Crippen LogP contribution is -2.41. The van der Waals surface area contributed by atoms with Gasteiger partial charge in [0.2, 0.25) is 0 Å². The number of phenolic OH excluding ortho intramolecular Hbond substituents is 6. The SMILES string of the molecule is CC.CC.CC.CC.CC.CC.CC.NC(=O)C(N)=O.NCCN.Nc1cc2cc3ccccc3cc2cc1N.Nc1cc2ccccc2cc1N.Nc1ccccc1N.O=C(O)C(=O)O.O=COCN(CC(=O)O)c1ccccc1N(COC=O)CC(=O)O.O=COCN(CCN(COC=O)CC(=O)O)CC(=O)O.OCCO.Oc1cc2cc3ccccc3cc2cc1O.Oc1cc2ccccc2cc1O.Oc1ccccc1O. The summed E-state index contributed by atoms with van der Waals surface area (Å²) in [4.78, 5) is 126. The van der Waals surface area contributed by atoms with E-state index in [1.54, 1.807) is 60.7 Å². The van der Waals surface area contributed by atoms with Crippen LogP contribution in [0.3, 0.4) is 0 Å². The average molecular weight is 2100 g/mol.